The molecule has 1 aromatic heterocycles. The van der Waals surface area contributed by atoms with Crippen LogP contribution < -0.4 is 5.32 Å². The predicted octanol–water partition coefficient (Wildman–Crippen LogP) is 4.51. The first kappa shape index (κ1) is 50.0. The van der Waals surface area contributed by atoms with E-state index in [-0.39, 0.29) is 50.2 Å². The maximum atomic E-state index is 14.6. The van der Waals surface area contributed by atoms with E-state index in [2.05, 4.69) is 5.32 Å². The number of carbonyl (C=O) groups excluding carboxylic acids is 3. The number of benzene rings is 1. The highest BCUT2D eigenvalue weighted by molar-refractivity contribution is 5.88. The molecule has 6 N–H and O–H groups in total. The third-order valence-corrected chi connectivity index (χ3v) is 13.8. The van der Waals surface area contributed by atoms with E-state index in [4.69, 9.17) is 28.1 Å². The molecule has 350 valence electrons. The molecule has 3 aliphatic heterocycles. The number of ether oxygens (including phenoxy) is 5. The molecule has 3 saturated heterocycles. The number of aliphatic hydroxyl groups excluding tert-OH is 3. The number of rotatable bonds is 9. The largest absolute Gasteiger partial charge is 0.464 e. The normalized spacial score (nSPS) is 41.3. The Morgan fingerprint density at radius 1 is 0.903 bits per heavy atom. The van der Waals surface area contributed by atoms with Crippen LogP contribution in [0.3, 0.4) is 0 Å². The Balaban J connectivity index is 1.49. The van der Waals surface area contributed by atoms with E-state index in [1.807, 2.05) is 52.8 Å². The number of aryl methyl sites for hydroxylation is 1. The topological polar surface area (TPSA) is 224 Å². The molecule has 2 aromatic rings. The summed E-state index contributed by atoms with van der Waals surface area (Å²) >= 11 is 0. The molecule has 7 unspecified atom stereocenters. The maximum absolute atomic E-state index is 14.6. The molecule has 0 saturated carbocycles. The van der Waals surface area contributed by atoms with Gasteiger partial charge in [-0.25, -0.2) is 0 Å². The highest BCUT2D eigenvalue weighted by Gasteiger charge is 2.53. The van der Waals surface area contributed by atoms with Crippen molar-refractivity contribution in [2.75, 3.05) is 6.54 Å². The smallest absolute Gasteiger partial charge is 0.311 e. The molecule has 0 bridgehead atoms. The Morgan fingerprint density at radius 2 is 1.58 bits per heavy atom. The van der Waals surface area contributed by atoms with Crippen molar-refractivity contribution in [3.63, 3.8) is 0 Å². The van der Waals surface area contributed by atoms with Gasteiger partial charge in [0.25, 0.3) is 0 Å². The van der Waals surface area contributed by atoms with E-state index in [1.54, 1.807) is 27.7 Å². The molecule has 15 heteroatoms. The Hall–Kier alpha value is -2.99. The van der Waals surface area contributed by atoms with E-state index >= 15 is 0 Å². The summed E-state index contributed by atoms with van der Waals surface area (Å²) in [6, 6.07) is 5.70. The number of amides is 1. The highest BCUT2D eigenvalue weighted by Crippen LogP contribution is 2.42. The van der Waals surface area contributed by atoms with Gasteiger partial charge in [0.2, 0.25) is 5.91 Å². The fourth-order valence-corrected chi connectivity index (χ4v) is 9.96. The van der Waals surface area contributed by atoms with Crippen LogP contribution in [0.15, 0.2) is 28.9 Å². The SMILES string of the molecule is Cc1ccc2c(CC(=O)NCC[C@H]3OC(=O)[C@H](C)[C@@H](OC4CC(C)(C)C(O)C(C)O4)[C@H](C)[C@@H](OC4OC(C)CC(C)C4O)[C@](C)(O)C[C@@H](C)C(=O)[C@H](C)[C@@H](O)[C@]3(C)O)coc2c1. The molecular weight excluding hydrogens is 803 g/mol. The van der Waals surface area contributed by atoms with Crippen molar-refractivity contribution in [1.82, 2.24) is 5.32 Å². The van der Waals surface area contributed by atoms with Gasteiger partial charge < -0.3 is 59.0 Å². The summed E-state index contributed by atoms with van der Waals surface area (Å²) in [6.07, 6.45) is -8.37. The number of esters is 1. The third kappa shape index (κ3) is 11.1. The summed E-state index contributed by atoms with van der Waals surface area (Å²) in [5.74, 6) is -5.95. The van der Waals surface area contributed by atoms with E-state index in [1.165, 1.54) is 27.0 Å². The van der Waals surface area contributed by atoms with Gasteiger partial charge in [0.05, 0.1) is 60.8 Å². The molecule has 0 radical (unpaired) electrons. The number of ketones is 1. The summed E-state index contributed by atoms with van der Waals surface area (Å²) in [6.45, 7) is 20.3. The van der Waals surface area contributed by atoms with Gasteiger partial charge in [0.15, 0.2) is 12.6 Å². The number of Topliss-reactive ketones (excluding diaryl/α,β-unsaturated/α-hetero) is 1. The van der Waals surface area contributed by atoms with E-state index in [9.17, 15) is 39.9 Å². The average molecular weight is 876 g/mol. The summed E-state index contributed by atoms with van der Waals surface area (Å²) in [5, 5.41) is 62.2. The van der Waals surface area contributed by atoms with Crippen LogP contribution in [0.4, 0.5) is 0 Å². The summed E-state index contributed by atoms with van der Waals surface area (Å²) in [7, 11) is 0. The van der Waals surface area contributed by atoms with Gasteiger partial charge >= 0.3 is 5.97 Å². The van der Waals surface area contributed by atoms with Crippen LogP contribution in [0.5, 0.6) is 0 Å². The second kappa shape index (κ2) is 19.6. The van der Waals surface area contributed by atoms with Crippen molar-refractivity contribution in [2.24, 2.45) is 35.0 Å². The lowest BCUT2D eigenvalue weighted by atomic mass is 9.74. The van der Waals surface area contributed by atoms with Crippen molar-refractivity contribution in [3.8, 4) is 0 Å². The molecule has 3 aliphatic rings. The fourth-order valence-electron chi connectivity index (χ4n) is 9.96. The van der Waals surface area contributed by atoms with E-state index < -0.39 is 107 Å². The number of aliphatic hydroxyl groups is 5. The van der Waals surface area contributed by atoms with Crippen molar-refractivity contribution in [2.45, 2.75) is 188 Å². The molecule has 0 spiro atoms. The van der Waals surface area contributed by atoms with Crippen LogP contribution in [-0.4, -0.2) is 122 Å². The number of cyclic esters (lactones) is 1. The van der Waals surface area contributed by atoms with Gasteiger partial charge in [-0.3, -0.25) is 14.4 Å². The first-order chi connectivity index (χ1) is 28.7. The van der Waals surface area contributed by atoms with E-state index in [0.29, 0.717) is 17.6 Å². The zero-order valence-electron chi connectivity index (χ0n) is 38.6. The lowest BCUT2D eigenvalue weighted by Crippen LogP contribution is -2.59. The Morgan fingerprint density at radius 3 is 2.24 bits per heavy atom. The molecule has 15 nitrogen and oxygen atoms in total. The zero-order valence-corrected chi connectivity index (χ0v) is 38.6. The first-order valence-corrected chi connectivity index (χ1v) is 22.3. The highest BCUT2D eigenvalue weighted by atomic mass is 16.7. The van der Waals surface area contributed by atoms with Crippen molar-refractivity contribution < 1.29 is 68.0 Å². The van der Waals surface area contributed by atoms with Crippen LogP contribution in [0.2, 0.25) is 0 Å². The number of furan rings is 1. The van der Waals surface area contributed by atoms with Crippen LogP contribution in [0, 0.1) is 41.9 Å². The minimum atomic E-state index is -2.20. The lowest BCUT2D eigenvalue weighted by molar-refractivity contribution is -0.312. The number of nitrogens with one attached hydrogen (secondary N) is 1. The Kier molecular flexibility index (Phi) is 15.8. The first-order valence-electron chi connectivity index (χ1n) is 22.3. The van der Waals surface area contributed by atoms with Crippen LogP contribution in [-0.2, 0) is 44.5 Å². The number of fused-ring (bicyclic) bond motifs is 1. The van der Waals surface area contributed by atoms with Gasteiger partial charge in [-0.2, -0.15) is 0 Å². The van der Waals surface area contributed by atoms with Gasteiger partial charge in [-0.1, -0.05) is 53.7 Å². The van der Waals surface area contributed by atoms with Gasteiger partial charge in [-0.15, -0.1) is 0 Å². The van der Waals surface area contributed by atoms with Gasteiger partial charge in [0.1, 0.15) is 29.2 Å². The number of carbonyl (C=O) groups is 3. The Bertz CT molecular complexity index is 1860. The van der Waals surface area contributed by atoms with Crippen molar-refractivity contribution in [1.29, 1.82) is 0 Å². The molecule has 62 heavy (non-hydrogen) atoms. The molecule has 17 atom stereocenters. The number of hydrogen-bond acceptors (Lipinski definition) is 14. The monoisotopic (exact) mass is 876 g/mol. The van der Waals surface area contributed by atoms with Crippen LogP contribution >= 0.6 is 0 Å². The summed E-state index contributed by atoms with van der Waals surface area (Å²) in [4.78, 5) is 41.9. The molecule has 0 aliphatic carbocycles. The molecule has 3 fully saturated rings. The minimum Gasteiger partial charge on any atom is -0.464 e. The zero-order chi connectivity index (χ0) is 46.2. The standard InChI is InChI=1S/C47H73NO14/c1-23-13-14-32-31(22-57-33(32)17-23)19-35(49)48-16-15-34-47(12,56)40(52)27(5)37(50)25(3)20-46(11,55)42(62-44-38(51)24(2)18-26(4)58-44)28(6)39(29(7)43(54)60-34)61-36-21-45(9,10)41(53)30(8)59-36/h13-14,17,22,24-30,34,36,38-42,44,51-53,55-56H,15-16,18-21H2,1-12H3,(H,48,49)/t24?,25-,26?,27+,28+,29-,30?,34-,36?,38?,39+,40-,41?,42-,44?,46-,47-/m1/s1. The summed E-state index contributed by atoms with van der Waals surface area (Å²) in [5.41, 5.74) is -2.31. The molecule has 4 heterocycles. The summed E-state index contributed by atoms with van der Waals surface area (Å²) < 4.78 is 37.4. The lowest BCUT2D eigenvalue weighted by Gasteiger charge is -2.48. The third-order valence-electron chi connectivity index (χ3n) is 13.8. The van der Waals surface area contributed by atoms with Crippen LogP contribution in [0.25, 0.3) is 11.0 Å². The average Bonchev–Trinajstić information content (AvgIpc) is 3.57. The van der Waals surface area contributed by atoms with Gasteiger partial charge in [-0.05, 0) is 77.3 Å². The Labute approximate surface area is 366 Å². The molecule has 1 amide bonds. The predicted molar refractivity (Wildman–Crippen MR) is 228 cm³/mol. The number of hydrogen-bond donors (Lipinski definition) is 6. The van der Waals surface area contributed by atoms with Crippen molar-refractivity contribution in [3.05, 3.63) is 35.6 Å². The van der Waals surface area contributed by atoms with Crippen molar-refractivity contribution >= 4 is 28.6 Å². The fraction of sp³-hybridized carbons (Fsp3) is 0.766. The van der Waals surface area contributed by atoms with Gasteiger partial charge in [0, 0.05) is 48.1 Å². The minimum absolute atomic E-state index is 0.000349. The quantitative estimate of drug-likeness (QED) is 0.191. The molecule has 1 aromatic carbocycles. The maximum Gasteiger partial charge on any atom is 0.311 e. The second-order valence-electron chi connectivity index (χ2n) is 20.1. The molecule has 5 rings (SSSR count). The second-order valence-corrected chi connectivity index (χ2v) is 20.1. The van der Waals surface area contributed by atoms with Crippen LogP contribution in [0.1, 0.15) is 113 Å². The molecular formula is C47H73NO14. The van der Waals surface area contributed by atoms with E-state index in [0.717, 1.165) is 10.9 Å².